The van der Waals surface area contributed by atoms with E-state index in [4.69, 9.17) is 4.74 Å². The second-order valence-electron chi connectivity index (χ2n) is 3.71. The minimum Gasteiger partial charge on any atom is -0.376 e. The molecular weight excluding hydrogens is 266 g/mol. The summed E-state index contributed by atoms with van der Waals surface area (Å²) in [5, 5.41) is 4.65. The van der Waals surface area contributed by atoms with Gasteiger partial charge < -0.3 is 4.74 Å². The monoisotopic (exact) mass is 283 g/mol. The number of ether oxygens (including phenoxy) is 1. The third-order valence-corrected chi connectivity index (χ3v) is 2.58. The molecule has 0 amide bonds. The predicted octanol–water partition coefficient (Wildman–Crippen LogP) is 1.21. The fraction of sp³-hybridized carbons (Fsp3) is 0.385. The van der Waals surface area contributed by atoms with Crippen LogP contribution in [-0.2, 0) is 25.8 Å². The molecule has 0 radical (unpaired) electrons. The summed E-state index contributed by atoms with van der Waals surface area (Å²) in [6.45, 7) is 1.09. The summed E-state index contributed by atoms with van der Waals surface area (Å²) >= 11 is 0. The van der Waals surface area contributed by atoms with E-state index in [9.17, 15) is 8.42 Å². The van der Waals surface area contributed by atoms with Gasteiger partial charge in [0.25, 0.3) is 0 Å². The van der Waals surface area contributed by atoms with Crippen LogP contribution in [0.3, 0.4) is 0 Å². The minimum atomic E-state index is -3.85. The molecule has 1 aromatic rings. The molecule has 104 valence electrons. The van der Waals surface area contributed by atoms with Crippen LogP contribution in [0.2, 0.25) is 0 Å². The molecule has 0 bridgehead atoms. The van der Waals surface area contributed by atoms with Crippen molar-refractivity contribution < 1.29 is 17.3 Å². The van der Waals surface area contributed by atoms with Crippen LogP contribution in [-0.4, -0.2) is 21.6 Å². The highest BCUT2D eigenvalue weighted by atomic mass is 32.2. The summed E-state index contributed by atoms with van der Waals surface area (Å²) in [7, 11) is -3.85. The standard InChI is InChI=1S/C13H17NO4S/c14-19(15,16)18-11-7-2-1-6-10-17-12-13-8-4-3-5-9-13/h3-5,8-9H,6-7,10-12H2,(H2,14,15,16). The van der Waals surface area contributed by atoms with Crippen LogP contribution in [0.5, 0.6) is 0 Å². The Labute approximate surface area is 114 Å². The zero-order chi connectivity index (χ0) is 14.0. The van der Waals surface area contributed by atoms with Gasteiger partial charge in [0.1, 0.15) is 0 Å². The number of nitrogens with two attached hydrogens (primary N) is 1. The molecule has 2 N–H and O–H groups in total. The van der Waals surface area contributed by atoms with Crippen molar-refractivity contribution in [2.24, 2.45) is 5.14 Å². The maximum atomic E-state index is 10.4. The quantitative estimate of drug-likeness (QED) is 0.602. The summed E-state index contributed by atoms with van der Waals surface area (Å²) in [6.07, 6.45) is 0.928. The highest BCUT2D eigenvalue weighted by molar-refractivity contribution is 7.84. The van der Waals surface area contributed by atoms with Gasteiger partial charge in [-0.05, 0) is 5.56 Å². The van der Waals surface area contributed by atoms with Crippen molar-refractivity contribution >= 4 is 10.3 Å². The predicted molar refractivity (Wildman–Crippen MR) is 72.2 cm³/mol. The van der Waals surface area contributed by atoms with E-state index in [1.54, 1.807) is 0 Å². The van der Waals surface area contributed by atoms with E-state index < -0.39 is 10.3 Å². The lowest BCUT2D eigenvalue weighted by atomic mass is 10.2. The number of hydrogen-bond acceptors (Lipinski definition) is 4. The molecule has 0 atom stereocenters. The molecule has 0 heterocycles. The van der Waals surface area contributed by atoms with Crippen LogP contribution in [0.1, 0.15) is 18.4 Å². The van der Waals surface area contributed by atoms with Gasteiger partial charge in [-0.25, -0.2) is 5.14 Å². The Morgan fingerprint density at radius 2 is 1.68 bits per heavy atom. The topological polar surface area (TPSA) is 78.6 Å². The number of hydrogen-bond donors (Lipinski definition) is 1. The molecule has 1 aromatic carbocycles. The fourth-order valence-electron chi connectivity index (χ4n) is 1.27. The van der Waals surface area contributed by atoms with E-state index in [-0.39, 0.29) is 6.61 Å². The van der Waals surface area contributed by atoms with Crippen LogP contribution in [0.25, 0.3) is 0 Å². The number of benzene rings is 1. The lowest BCUT2D eigenvalue weighted by Crippen LogP contribution is -2.16. The first-order chi connectivity index (χ1) is 9.08. The molecule has 0 aliphatic rings. The van der Waals surface area contributed by atoms with Gasteiger partial charge in [0.05, 0.1) is 19.8 Å². The molecular formula is C13H17NO4S. The zero-order valence-electron chi connectivity index (χ0n) is 10.5. The van der Waals surface area contributed by atoms with E-state index >= 15 is 0 Å². The van der Waals surface area contributed by atoms with Gasteiger partial charge in [-0.2, -0.15) is 8.42 Å². The third kappa shape index (κ3) is 9.22. The SMILES string of the molecule is NS(=O)(=O)OCCC#CCCOCc1ccccc1. The van der Waals surface area contributed by atoms with Crippen LogP contribution >= 0.6 is 0 Å². The van der Waals surface area contributed by atoms with Crippen molar-refractivity contribution in [1.82, 2.24) is 0 Å². The third-order valence-electron chi connectivity index (χ3n) is 2.08. The maximum Gasteiger partial charge on any atom is 0.333 e. The summed E-state index contributed by atoms with van der Waals surface area (Å²) < 4.78 is 30.6. The van der Waals surface area contributed by atoms with E-state index in [0.717, 1.165) is 5.56 Å². The molecule has 5 nitrogen and oxygen atoms in total. The highest BCUT2D eigenvalue weighted by Crippen LogP contribution is 2.00. The summed E-state index contributed by atoms with van der Waals surface area (Å²) in [5.74, 6) is 5.65. The maximum absolute atomic E-state index is 10.4. The number of rotatable bonds is 7. The van der Waals surface area contributed by atoms with Crippen LogP contribution in [0.4, 0.5) is 0 Å². The first kappa shape index (κ1) is 15.7. The summed E-state index contributed by atoms with van der Waals surface area (Å²) in [5.41, 5.74) is 1.12. The largest absolute Gasteiger partial charge is 0.376 e. The Bertz CT molecular complexity index is 517. The first-order valence-corrected chi connectivity index (χ1v) is 7.29. The lowest BCUT2D eigenvalue weighted by Gasteiger charge is -2.01. The Kier molecular flexibility index (Phi) is 7.15. The second-order valence-corrected chi connectivity index (χ2v) is 4.93. The average molecular weight is 283 g/mol. The Balaban J connectivity index is 2.02. The lowest BCUT2D eigenvalue weighted by molar-refractivity contribution is 0.126. The van der Waals surface area contributed by atoms with Gasteiger partial charge in [0.15, 0.2) is 0 Å². The van der Waals surface area contributed by atoms with Crippen molar-refractivity contribution in [1.29, 1.82) is 0 Å². The molecule has 0 fully saturated rings. The molecule has 0 saturated heterocycles. The molecule has 0 unspecified atom stereocenters. The molecule has 0 aliphatic heterocycles. The van der Waals surface area contributed by atoms with E-state index in [1.165, 1.54) is 0 Å². The second kappa shape index (κ2) is 8.67. The Hall–Kier alpha value is -1.39. The molecule has 1 rings (SSSR count). The molecule has 0 aliphatic carbocycles. The Morgan fingerprint density at radius 1 is 1.05 bits per heavy atom. The van der Waals surface area contributed by atoms with Crippen LogP contribution in [0.15, 0.2) is 30.3 Å². The molecule has 0 spiro atoms. The van der Waals surface area contributed by atoms with E-state index in [0.29, 0.717) is 26.1 Å². The van der Waals surface area contributed by atoms with Gasteiger partial charge in [-0.1, -0.05) is 30.3 Å². The normalized spacial score (nSPS) is 10.8. The van der Waals surface area contributed by atoms with Gasteiger partial charge >= 0.3 is 10.3 Å². The van der Waals surface area contributed by atoms with Gasteiger partial charge in [0.2, 0.25) is 0 Å². The van der Waals surface area contributed by atoms with Gasteiger partial charge in [-0.3, -0.25) is 4.18 Å². The minimum absolute atomic E-state index is 0.0172. The first-order valence-electron chi connectivity index (χ1n) is 5.82. The molecule has 0 aromatic heterocycles. The zero-order valence-corrected chi connectivity index (χ0v) is 11.4. The molecule has 0 saturated carbocycles. The van der Waals surface area contributed by atoms with Gasteiger partial charge in [-0.15, -0.1) is 11.8 Å². The van der Waals surface area contributed by atoms with Crippen molar-refractivity contribution in [3.63, 3.8) is 0 Å². The van der Waals surface area contributed by atoms with Crippen LogP contribution < -0.4 is 5.14 Å². The van der Waals surface area contributed by atoms with Crippen molar-refractivity contribution in [2.45, 2.75) is 19.4 Å². The smallest absolute Gasteiger partial charge is 0.333 e. The van der Waals surface area contributed by atoms with Gasteiger partial charge in [0, 0.05) is 12.8 Å². The van der Waals surface area contributed by atoms with E-state index in [2.05, 4.69) is 21.2 Å². The fourth-order valence-corrected chi connectivity index (χ4v) is 1.59. The molecule has 6 heteroatoms. The van der Waals surface area contributed by atoms with Crippen molar-refractivity contribution in [3.05, 3.63) is 35.9 Å². The van der Waals surface area contributed by atoms with E-state index in [1.807, 2.05) is 30.3 Å². The summed E-state index contributed by atoms with van der Waals surface area (Å²) in [6, 6.07) is 9.87. The Morgan fingerprint density at radius 3 is 2.32 bits per heavy atom. The van der Waals surface area contributed by atoms with Crippen LogP contribution in [0, 0.1) is 11.8 Å². The van der Waals surface area contributed by atoms with Crippen molar-refractivity contribution in [2.75, 3.05) is 13.2 Å². The highest BCUT2D eigenvalue weighted by Gasteiger charge is 1.98. The average Bonchev–Trinajstić information content (AvgIpc) is 2.37. The summed E-state index contributed by atoms with van der Waals surface area (Å²) in [4.78, 5) is 0. The van der Waals surface area contributed by atoms with Crippen molar-refractivity contribution in [3.8, 4) is 11.8 Å². The molecule has 19 heavy (non-hydrogen) atoms.